The first kappa shape index (κ1) is 45.6. The van der Waals surface area contributed by atoms with Gasteiger partial charge in [0.05, 0.1) is 0 Å². The lowest BCUT2D eigenvalue weighted by molar-refractivity contribution is -0.150. The number of hydrogen-bond acceptors (Lipinski definition) is 5. The van der Waals surface area contributed by atoms with Gasteiger partial charge in [0, 0.05) is 12.8 Å². The van der Waals surface area contributed by atoms with Crippen LogP contribution in [0.5, 0.6) is 0 Å². The maximum Gasteiger partial charge on any atom is 0.326 e. The Morgan fingerprint density at radius 1 is 0.604 bits per heavy atom. The largest absolute Gasteiger partial charge is 0.480 e. The van der Waals surface area contributed by atoms with Crippen LogP contribution in [0.15, 0.2) is 36.5 Å². The molecular formula is C41H74N2O5. The van der Waals surface area contributed by atoms with Crippen molar-refractivity contribution in [3.05, 3.63) is 36.5 Å². The van der Waals surface area contributed by atoms with Crippen LogP contribution in [-0.4, -0.2) is 41.6 Å². The van der Waals surface area contributed by atoms with Crippen molar-refractivity contribution in [2.45, 2.75) is 199 Å². The molecule has 1 amide bonds. The monoisotopic (exact) mass is 675 g/mol. The van der Waals surface area contributed by atoms with Gasteiger partial charge in [0.1, 0.15) is 12.1 Å². The van der Waals surface area contributed by atoms with Gasteiger partial charge >= 0.3 is 11.9 Å². The Morgan fingerprint density at radius 3 is 1.67 bits per heavy atom. The minimum absolute atomic E-state index is 0.0548. The Labute approximate surface area is 295 Å². The first-order chi connectivity index (χ1) is 23.4. The summed E-state index contributed by atoms with van der Waals surface area (Å²) in [6.45, 7) is 4.83. The number of carbonyl (C=O) groups is 3. The zero-order valence-corrected chi connectivity index (χ0v) is 31.1. The topological polar surface area (TPSA) is 119 Å². The van der Waals surface area contributed by atoms with Crippen molar-refractivity contribution in [1.29, 1.82) is 0 Å². The molecule has 278 valence electrons. The minimum Gasteiger partial charge on any atom is -0.480 e. The molecule has 2 atom stereocenters. The molecule has 0 saturated carbocycles. The van der Waals surface area contributed by atoms with E-state index in [0.717, 1.165) is 77.0 Å². The van der Waals surface area contributed by atoms with Crippen LogP contribution in [0.2, 0.25) is 0 Å². The summed E-state index contributed by atoms with van der Waals surface area (Å²) in [5.41, 5.74) is 5.46. The van der Waals surface area contributed by atoms with Crippen LogP contribution in [0.4, 0.5) is 0 Å². The predicted octanol–water partition coefficient (Wildman–Crippen LogP) is 10.7. The van der Waals surface area contributed by atoms with Crippen LogP contribution in [0.25, 0.3) is 0 Å². The molecule has 0 fully saturated rings. The summed E-state index contributed by atoms with van der Waals surface area (Å²) in [7, 11) is 0. The Hall–Kier alpha value is -2.41. The van der Waals surface area contributed by atoms with Crippen molar-refractivity contribution in [3.63, 3.8) is 0 Å². The molecule has 0 bridgehead atoms. The average molecular weight is 675 g/mol. The molecule has 0 aliphatic heterocycles. The maximum absolute atomic E-state index is 12.6. The summed E-state index contributed by atoms with van der Waals surface area (Å²) in [6, 6.07) is -0.874. The van der Waals surface area contributed by atoms with Crippen LogP contribution in [0, 0.1) is 0 Å². The number of carboxylic acids is 1. The Morgan fingerprint density at radius 2 is 1.08 bits per heavy atom. The molecule has 0 rings (SSSR count). The fourth-order valence-electron chi connectivity index (χ4n) is 5.69. The lowest BCUT2D eigenvalue weighted by atomic mass is 10.0. The molecule has 2 unspecified atom stereocenters. The number of rotatable bonds is 35. The summed E-state index contributed by atoms with van der Waals surface area (Å²) in [4.78, 5) is 36.0. The second kappa shape index (κ2) is 35.9. The SMILES string of the molecule is CCCCCCC/C=C\C/C=C\C/C=C\CCCCCCCCC(=O)OC(CCCCC)CCCCCC(=O)NC(CCCN)C(=O)O. The first-order valence-electron chi connectivity index (χ1n) is 19.8. The predicted molar refractivity (Wildman–Crippen MR) is 202 cm³/mol. The molecule has 4 N–H and O–H groups in total. The standard InChI is InChI=1S/C41H74N2O5/c1-3-5-7-8-9-10-11-12-13-14-15-16-17-18-19-20-21-22-23-24-29-35-40(45)48-37(31-26-6-4-2)32-27-25-28-34-39(44)43-38(41(46)47)33-30-36-42/h11-12,14-15,17-18,37-38H,3-10,13,16,19-36,42H2,1-2H3,(H,43,44)(H,46,47)/b12-11-,15-14-,18-17-. The van der Waals surface area contributed by atoms with Gasteiger partial charge in [-0.1, -0.05) is 121 Å². The molecule has 0 heterocycles. The molecule has 0 aromatic rings. The normalized spacial score (nSPS) is 13.1. The van der Waals surface area contributed by atoms with Crippen molar-refractivity contribution < 1.29 is 24.2 Å². The van der Waals surface area contributed by atoms with E-state index in [2.05, 4.69) is 55.6 Å². The van der Waals surface area contributed by atoms with E-state index in [0.29, 0.717) is 38.6 Å². The van der Waals surface area contributed by atoms with E-state index in [-0.39, 0.29) is 18.0 Å². The van der Waals surface area contributed by atoms with Gasteiger partial charge in [0.15, 0.2) is 0 Å². The molecule has 0 radical (unpaired) electrons. The Balaban J connectivity index is 3.94. The van der Waals surface area contributed by atoms with Crippen molar-refractivity contribution in [2.75, 3.05) is 6.54 Å². The second-order valence-corrected chi connectivity index (χ2v) is 13.3. The van der Waals surface area contributed by atoms with Gasteiger partial charge in [-0.25, -0.2) is 4.79 Å². The summed E-state index contributed by atoms with van der Waals surface area (Å²) in [5.74, 6) is -1.34. The third-order valence-corrected chi connectivity index (χ3v) is 8.71. The number of allylic oxidation sites excluding steroid dienone is 6. The van der Waals surface area contributed by atoms with Gasteiger partial charge in [0.25, 0.3) is 0 Å². The van der Waals surface area contributed by atoms with Gasteiger partial charge in [-0.15, -0.1) is 0 Å². The van der Waals surface area contributed by atoms with Crippen LogP contribution in [-0.2, 0) is 19.1 Å². The zero-order valence-electron chi connectivity index (χ0n) is 31.1. The molecule has 48 heavy (non-hydrogen) atoms. The number of amides is 1. The number of esters is 1. The van der Waals surface area contributed by atoms with E-state index in [1.165, 1.54) is 64.2 Å². The van der Waals surface area contributed by atoms with E-state index >= 15 is 0 Å². The lowest BCUT2D eigenvalue weighted by Gasteiger charge is -2.18. The molecule has 0 saturated heterocycles. The summed E-state index contributed by atoms with van der Waals surface area (Å²) in [5, 5.41) is 11.9. The van der Waals surface area contributed by atoms with Crippen molar-refractivity contribution in [3.8, 4) is 0 Å². The zero-order chi connectivity index (χ0) is 35.3. The highest BCUT2D eigenvalue weighted by Crippen LogP contribution is 2.17. The maximum atomic E-state index is 12.6. The van der Waals surface area contributed by atoms with Gasteiger partial charge in [-0.3, -0.25) is 9.59 Å². The van der Waals surface area contributed by atoms with Crippen LogP contribution in [0.3, 0.4) is 0 Å². The van der Waals surface area contributed by atoms with Gasteiger partial charge in [0.2, 0.25) is 5.91 Å². The number of carboxylic acid groups (broad SMARTS) is 1. The number of nitrogens with two attached hydrogens (primary N) is 1. The number of aliphatic carboxylic acids is 1. The fraction of sp³-hybridized carbons (Fsp3) is 0.780. The third kappa shape index (κ3) is 32.2. The molecule has 0 aromatic carbocycles. The molecule has 0 spiro atoms. The molecular weight excluding hydrogens is 600 g/mol. The van der Waals surface area contributed by atoms with E-state index in [1.807, 2.05) is 0 Å². The fourth-order valence-corrected chi connectivity index (χ4v) is 5.69. The van der Waals surface area contributed by atoms with E-state index in [1.54, 1.807) is 0 Å². The number of carbonyl (C=O) groups excluding carboxylic acids is 2. The summed E-state index contributed by atoms with van der Waals surface area (Å²) < 4.78 is 5.88. The van der Waals surface area contributed by atoms with Crippen LogP contribution in [0.1, 0.15) is 187 Å². The number of ether oxygens (including phenoxy) is 1. The van der Waals surface area contributed by atoms with Gasteiger partial charge < -0.3 is 20.9 Å². The number of hydrogen-bond donors (Lipinski definition) is 3. The average Bonchev–Trinajstić information content (AvgIpc) is 3.07. The van der Waals surface area contributed by atoms with Crippen molar-refractivity contribution in [1.82, 2.24) is 5.32 Å². The van der Waals surface area contributed by atoms with E-state index in [9.17, 15) is 19.5 Å². The van der Waals surface area contributed by atoms with Crippen molar-refractivity contribution >= 4 is 17.8 Å². The third-order valence-electron chi connectivity index (χ3n) is 8.71. The highest BCUT2D eigenvalue weighted by molar-refractivity contribution is 5.83. The van der Waals surface area contributed by atoms with Gasteiger partial charge in [-0.2, -0.15) is 0 Å². The number of unbranched alkanes of at least 4 members (excludes halogenated alkanes) is 15. The molecule has 0 aliphatic carbocycles. The van der Waals surface area contributed by atoms with E-state index < -0.39 is 12.0 Å². The highest BCUT2D eigenvalue weighted by atomic mass is 16.5. The van der Waals surface area contributed by atoms with Crippen LogP contribution >= 0.6 is 0 Å². The van der Waals surface area contributed by atoms with Crippen molar-refractivity contribution in [2.24, 2.45) is 5.73 Å². The van der Waals surface area contributed by atoms with Crippen LogP contribution < -0.4 is 11.1 Å². The summed E-state index contributed by atoms with van der Waals surface area (Å²) >= 11 is 0. The smallest absolute Gasteiger partial charge is 0.326 e. The highest BCUT2D eigenvalue weighted by Gasteiger charge is 2.19. The summed E-state index contributed by atoms with van der Waals surface area (Å²) in [6.07, 6.45) is 40.8. The van der Waals surface area contributed by atoms with E-state index in [4.69, 9.17) is 10.5 Å². The Kier molecular flexibility index (Phi) is 34.1. The van der Waals surface area contributed by atoms with Gasteiger partial charge in [-0.05, 0) is 96.4 Å². The first-order valence-corrected chi connectivity index (χ1v) is 19.8. The quantitative estimate of drug-likeness (QED) is 0.0350. The molecule has 0 aliphatic rings. The lowest BCUT2D eigenvalue weighted by Crippen LogP contribution is -2.40. The number of nitrogens with one attached hydrogen (secondary N) is 1. The second-order valence-electron chi connectivity index (χ2n) is 13.3. The molecule has 0 aromatic heterocycles. The Bertz CT molecular complexity index is 854. The molecule has 7 nitrogen and oxygen atoms in total. The minimum atomic E-state index is -1.02. The molecule has 7 heteroatoms.